The van der Waals surface area contributed by atoms with E-state index in [1.807, 2.05) is 37.3 Å². The number of nitrogens with zero attached hydrogens (tertiary/aromatic N) is 1. The third kappa shape index (κ3) is 5.64. The second-order valence-electron chi connectivity index (χ2n) is 6.26. The quantitative estimate of drug-likeness (QED) is 0.716. The van der Waals surface area contributed by atoms with Crippen LogP contribution in [0.1, 0.15) is 11.1 Å². The Morgan fingerprint density at radius 1 is 1.08 bits per heavy atom. The smallest absolute Gasteiger partial charge is 0.242 e. The molecule has 2 rings (SSSR count). The molecule has 0 amide bonds. The minimum Gasteiger partial charge on any atom is -0.396 e. The topological polar surface area (TPSA) is 69.6 Å². The number of benzene rings is 2. The Bertz CT molecular complexity index is 746. The van der Waals surface area contributed by atoms with E-state index in [0.717, 1.165) is 11.1 Å². The highest BCUT2D eigenvalue weighted by Gasteiger charge is 2.23. The maximum atomic E-state index is 12.6. The van der Waals surface area contributed by atoms with E-state index in [2.05, 4.69) is 5.32 Å². The molecule has 0 heterocycles. The van der Waals surface area contributed by atoms with Crippen molar-refractivity contribution in [2.24, 2.45) is 5.92 Å². The van der Waals surface area contributed by atoms with Crippen molar-refractivity contribution in [2.75, 3.05) is 26.7 Å². The van der Waals surface area contributed by atoms with Crippen LogP contribution in [0, 0.1) is 12.8 Å². The average Bonchev–Trinajstić information content (AvgIpc) is 2.62. The molecule has 2 aromatic rings. The molecule has 2 N–H and O–H groups in total. The minimum absolute atomic E-state index is 0.0739. The molecule has 0 aliphatic heterocycles. The van der Waals surface area contributed by atoms with Crippen LogP contribution in [-0.4, -0.2) is 44.6 Å². The van der Waals surface area contributed by atoms with Crippen LogP contribution in [0.4, 0.5) is 0 Å². The molecule has 25 heavy (non-hydrogen) atoms. The van der Waals surface area contributed by atoms with Gasteiger partial charge in [0.2, 0.25) is 10.0 Å². The molecule has 0 saturated heterocycles. The Morgan fingerprint density at radius 2 is 1.72 bits per heavy atom. The molecule has 0 radical (unpaired) electrons. The molecule has 0 aliphatic rings. The van der Waals surface area contributed by atoms with Crippen LogP contribution in [-0.2, 0) is 16.6 Å². The van der Waals surface area contributed by atoms with Crippen molar-refractivity contribution in [1.29, 1.82) is 0 Å². The van der Waals surface area contributed by atoms with Crippen molar-refractivity contribution in [1.82, 2.24) is 9.62 Å². The molecule has 136 valence electrons. The van der Waals surface area contributed by atoms with Crippen molar-refractivity contribution < 1.29 is 13.5 Å². The molecule has 0 bridgehead atoms. The predicted octanol–water partition coefficient (Wildman–Crippen LogP) is 2.01. The molecule has 2 aromatic carbocycles. The summed E-state index contributed by atoms with van der Waals surface area (Å²) in [5.74, 6) is -0.172. The first-order valence-corrected chi connectivity index (χ1v) is 9.76. The number of hydrogen-bond donors (Lipinski definition) is 2. The van der Waals surface area contributed by atoms with E-state index in [-0.39, 0.29) is 24.0 Å². The lowest BCUT2D eigenvalue weighted by molar-refractivity contribution is 0.204. The van der Waals surface area contributed by atoms with Crippen molar-refractivity contribution in [3.05, 3.63) is 65.7 Å². The normalized spacial score (nSPS) is 13.1. The zero-order chi connectivity index (χ0) is 18.3. The van der Waals surface area contributed by atoms with Gasteiger partial charge in [0.15, 0.2) is 0 Å². The molecule has 5 nitrogen and oxygen atoms in total. The predicted molar refractivity (Wildman–Crippen MR) is 99.7 cm³/mol. The van der Waals surface area contributed by atoms with E-state index in [0.29, 0.717) is 13.1 Å². The van der Waals surface area contributed by atoms with Gasteiger partial charge in [0.25, 0.3) is 0 Å². The van der Waals surface area contributed by atoms with Gasteiger partial charge in [0.05, 0.1) is 4.90 Å². The molecule has 0 fully saturated rings. The lowest BCUT2D eigenvalue weighted by Gasteiger charge is -2.23. The van der Waals surface area contributed by atoms with E-state index in [1.165, 1.54) is 4.31 Å². The van der Waals surface area contributed by atoms with Gasteiger partial charge in [-0.1, -0.05) is 48.0 Å². The number of rotatable bonds is 9. The van der Waals surface area contributed by atoms with Crippen LogP contribution < -0.4 is 5.32 Å². The first-order chi connectivity index (χ1) is 11.9. The number of aliphatic hydroxyl groups is 1. The molecular formula is C19H26N2O3S. The summed E-state index contributed by atoms with van der Waals surface area (Å²) in [5.41, 5.74) is 2.17. The SMILES string of the molecule is Cc1ccc(S(=O)(=O)N(C)C[C@H](CO)CNCc2ccccc2)cc1. The maximum absolute atomic E-state index is 12.6. The summed E-state index contributed by atoms with van der Waals surface area (Å²) in [6.07, 6.45) is 0. The maximum Gasteiger partial charge on any atom is 0.242 e. The highest BCUT2D eigenvalue weighted by molar-refractivity contribution is 7.89. The van der Waals surface area contributed by atoms with Gasteiger partial charge in [-0.15, -0.1) is 0 Å². The van der Waals surface area contributed by atoms with E-state index in [9.17, 15) is 13.5 Å². The van der Waals surface area contributed by atoms with Gasteiger partial charge in [0.1, 0.15) is 0 Å². The molecular weight excluding hydrogens is 336 g/mol. The van der Waals surface area contributed by atoms with Crippen LogP contribution in [0.2, 0.25) is 0 Å². The van der Waals surface area contributed by atoms with Crippen molar-refractivity contribution >= 4 is 10.0 Å². The lowest BCUT2D eigenvalue weighted by Crippen LogP contribution is -2.37. The average molecular weight is 362 g/mol. The second-order valence-corrected chi connectivity index (χ2v) is 8.31. The number of aryl methyl sites for hydroxylation is 1. The van der Waals surface area contributed by atoms with Crippen molar-refractivity contribution in [3.63, 3.8) is 0 Å². The summed E-state index contributed by atoms with van der Waals surface area (Å²) in [7, 11) is -1.99. The van der Waals surface area contributed by atoms with Crippen LogP contribution in [0.3, 0.4) is 0 Å². The summed E-state index contributed by atoms with van der Waals surface area (Å²) < 4.78 is 26.5. The second kappa shape index (κ2) is 9.10. The summed E-state index contributed by atoms with van der Waals surface area (Å²) in [4.78, 5) is 0.273. The fraction of sp³-hybridized carbons (Fsp3) is 0.368. The molecule has 0 aromatic heterocycles. The lowest BCUT2D eigenvalue weighted by atomic mass is 10.1. The minimum atomic E-state index is -3.54. The van der Waals surface area contributed by atoms with Gasteiger partial charge in [-0.2, -0.15) is 0 Å². The number of hydrogen-bond acceptors (Lipinski definition) is 4. The monoisotopic (exact) mass is 362 g/mol. The standard InChI is InChI=1S/C19H26N2O3S/c1-16-8-10-19(11-9-16)25(23,24)21(2)14-18(15-22)13-20-12-17-6-4-3-5-7-17/h3-11,18,20,22H,12-15H2,1-2H3/t18-/m1/s1. The van der Waals surface area contributed by atoms with Crippen LogP contribution in [0.5, 0.6) is 0 Å². The Morgan fingerprint density at radius 3 is 2.32 bits per heavy atom. The molecule has 0 unspecified atom stereocenters. The molecule has 0 spiro atoms. The Hall–Kier alpha value is -1.73. The van der Waals surface area contributed by atoms with Gasteiger partial charge >= 0.3 is 0 Å². The Labute approximate surface area is 150 Å². The van der Waals surface area contributed by atoms with Gasteiger partial charge in [-0.25, -0.2) is 12.7 Å². The highest BCUT2D eigenvalue weighted by atomic mass is 32.2. The zero-order valence-corrected chi connectivity index (χ0v) is 15.5. The van der Waals surface area contributed by atoms with Crippen LogP contribution in [0.25, 0.3) is 0 Å². The van der Waals surface area contributed by atoms with Gasteiger partial charge in [0, 0.05) is 39.2 Å². The van der Waals surface area contributed by atoms with Crippen LogP contribution in [0.15, 0.2) is 59.5 Å². The fourth-order valence-corrected chi connectivity index (χ4v) is 3.80. The molecule has 6 heteroatoms. The van der Waals surface area contributed by atoms with E-state index >= 15 is 0 Å². The van der Waals surface area contributed by atoms with E-state index in [1.54, 1.807) is 31.3 Å². The summed E-state index contributed by atoms with van der Waals surface area (Å²) >= 11 is 0. The first kappa shape index (κ1) is 19.6. The largest absolute Gasteiger partial charge is 0.396 e. The summed E-state index contributed by atoms with van der Waals surface area (Å²) in [5, 5.41) is 12.9. The third-order valence-corrected chi connectivity index (χ3v) is 5.95. The third-order valence-electron chi connectivity index (χ3n) is 4.11. The zero-order valence-electron chi connectivity index (χ0n) is 14.7. The number of aliphatic hydroxyl groups excluding tert-OH is 1. The van der Waals surface area contributed by atoms with Crippen molar-refractivity contribution in [3.8, 4) is 0 Å². The summed E-state index contributed by atoms with van der Waals surface area (Å²) in [6.45, 7) is 3.33. The van der Waals surface area contributed by atoms with Crippen molar-refractivity contribution in [2.45, 2.75) is 18.4 Å². The fourth-order valence-electron chi connectivity index (χ4n) is 2.56. The van der Waals surface area contributed by atoms with Gasteiger partial charge < -0.3 is 10.4 Å². The van der Waals surface area contributed by atoms with E-state index in [4.69, 9.17) is 0 Å². The first-order valence-electron chi connectivity index (χ1n) is 8.32. The molecule has 0 aliphatic carbocycles. The number of nitrogens with one attached hydrogen (secondary N) is 1. The molecule has 0 saturated carbocycles. The molecule has 1 atom stereocenters. The Balaban J connectivity index is 1.92. The van der Waals surface area contributed by atoms with Gasteiger partial charge in [-0.05, 0) is 24.6 Å². The Kier molecular flexibility index (Phi) is 7.13. The van der Waals surface area contributed by atoms with Crippen LogP contribution >= 0.6 is 0 Å². The summed E-state index contributed by atoms with van der Waals surface area (Å²) in [6, 6.07) is 16.8. The van der Waals surface area contributed by atoms with E-state index < -0.39 is 10.0 Å². The number of sulfonamides is 1. The highest BCUT2D eigenvalue weighted by Crippen LogP contribution is 2.16. The van der Waals surface area contributed by atoms with Gasteiger partial charge in [-0.3, -0.25) is 0 Å².